The van der Waals surface area contributed by atoms with Crippen LogP contribution in [0.2, 0.25) is 5.02 Å². The van der Waals surface area contributed by atoms with Crippen molar-refractivity contribution in [3.05, 3.63) is 106 Å². The molecule has 4 rings (SSSR count). The summed E-state index contributed by atoms with van der Waals surface area (Å²) in [5, 5.41) is 26.4. The Morgan fingerprint density at radius 1 is 0.767 bits per heavy atom. The highest BCUT2D eigenvalue weighted by molar-refractivity contribution is 7.59. The number of nitrogens with two attached hydrogens (primary N) is 4. The summed E-state index contributed by atoms with van der Waals surface area (Å²) in [7, 11) is 0. The van der Waals surface area contributed by atoms with Gasteiger partial charge >= 0.3 is 19.3 Å². The minimum atomic E-state index is -1.02. The predicted molar refractivity (Wildman–Crippen MR) is 171 cm³/mol. The van der Waals surface area contributed by atoms with E-state index >= 15 is 0 Å². The first kappa shape index (κ1) is 37.1. The molecule has 0 spiro atoms. The summed E-state index contributed by atoms with van der Waals surface area (Å²) in [5.74, 6) is -3.26. The number of carboxylic acid groups (broad SMARTS) is 3. The molecule has 1 aliphatic carbocycles. The summed E-state index contributed by atoms with van der Waals surface area (Å²) in [4.78, 5) is 31.5. The van der Waals surface area contributed by atoms with Crippen molar-refractivity contribution in [1.29, 1.82) is 0 Å². The Balaban J connectivity index is 0.000000622. The van der Waals surface area contributed by atoms with Crippen molar-refractivity contribution < 1.29 is 35.5 Å². The lowest BCUT2D eigenvalue weighted by Gasteiger charge is -2.09. The van der Waals surface area contributed by atoms with Crippen molar-refractivity contribution in [3.63, 3.8) is 0 Å². The summed E-state index contributed by atoms with van der Waals surface area (Å²) >= 11 is 5.66. The van der Waals surface area contributed by atoms with Crippen LogP contribution in [0, 0.1) is 5.82 Å². The van der Waals surface area contributed by atoms with Crippen LogP contribution >= 0.6 is 25.1 Å². The van der Waals surface area contributed by atoms with Crippen LogP contribution in [0.15, 0.2) is 72.8 Å². The molecule has 232 valence electrons. The van der Waals surface area contributed by atoms with Crippen LogP contribution in [0.1, 0.15) is 30.1 Å². The van der Waals surface area contributed by atoms with Gasteiger partial charge in [-0.1, -0.05) is 48.0 Å². The van der Waals surface area contributed by atoms with E-state index in [2.05, 4.69) is 0 Å². The number of benzene rings is 3. The maximum absolute atomic E-state index is 12.9. The molecule has 0 heterocycles. The number of rotatable bonds is 9. The topological polar surface area (TPSA) is 216 Å². The van der Waals surface area contributed by atoms with E-state index in [1.54, 1.807) is 54.6 Å². The SMILES string of the molecule is NC(CC1=CCc2cc(F)ccc21)C(=O)O.NC(Cc1ccc(Cl)cc1)C(=O)O.Nc1ccc(C[C@H](N)C(=O)O)cc1.S.[H+]. The van der Waals surface area contributed by atoms with Gasteiger partial charge in [-0.05, 0) is 89.9 Å². The Morgan fingerprint density at radius 3 is 1.67 bits per heavy atom. The summed E-state index contributed by atoms with van der Waals surface area (Å²) in [6.45, 7) is 0. The lowest BCUT2D eigenvalue weighted by Crippen LogP contribution is -2.32. The fourth-order valence-corrected chi connectivity index (χ4v) is 3.99. The Kier molecular flexibility index (Phi) is 15.4. The zero-order valence-corrected chi connectivity index (χ0v) is 24.9. The molecular weight excluding hydrogens is 599 g/mol. The minimum Gasteiger partial charge on any atom is -0.480 e. The van der Waals surface area contributed by atoms with Crippen LogP contribution in [-0.2, 0) is 33.6 Å². The van der Waals surface area contributed by atoms with E-state index in [4.69, 9.17) is 49.9 Å². The van der Waals surface area contributed by atoms with Gasteiger partial charge in [-0.15, -0.1) is 0 Å². The molecule has 3 aromatic carbocycles. The van der Waals surface area contributed by atoms with E-state index in [0.29, 0.717) is 30.0 Å². The highest BCUT2D eigenvalue weighted by Gasteiger charge is 2.20. The molecule has 0 aromatic heterocycles. The molecule has 0 saturated heterocycles. The van der Waals surface area contributed by atoms with Crippen molar-refractivity contribution >= 4 is 54.3 Å². The number of aliphatic carboxylic acids is 3. The quantitative estimate of drug-likeness (QED) is 0.170. The molecule has 0 saturated carbocycles. The van der Waals surface area contributed by atoms with Crippen molar-refractivity contribution in [1.82, 2.24) is 0 Å². The largest absolute Gasteiger partial charge is 1.00 e. The number of hydrogen-bond acceptors (Lipinski definition) is 7. The smallest absolute Gasteiger partial charge is 0.480 e. The predicted octanol–water partition coefficient (Wildman–Crippen LogP) is 3.31. The molecule has 13 heteroatoms. The molecule has 1 aliphatic rings. The molecule has 0 fully saturated rings. The first-order chi connectivity index (χ1) is 19.8. The van der Waals surface area contributed by atoms with Gasteiger partial charge in [0, 0.05) is 10.7 Å². The van der Waals surface area contributed by atoms with Crippen molar-refractivity contribution in [3.8, 4) is 0 Å². The maximum Gasteiger partial charge on any atom is 1.00 e. The van der Waals surface area contributed by atoms with Crippen LogP contribution in [0.3, 0.4) is 0 Å². The summed E-state index contributed by atoms with van der Waals surface area (Å²) in [6.07, 6.45) is 3.50. The van der Waals surface area contributed by atoms with E-state index < -0.39 is 36.0 Å². The Morgan fingerprint density at radius 2 is 1.21 bits per heavy atom. The molecule has 43 heavy (non-hydrogen) atoms. The van der Waals surface area contributed by atoms with Gasteiger partial charge in [-0.3, -0.25) is 14.4 Å². The van der Waals surface area contributed by atoms with Gasteiger partial charge in [-0.2, -0.15) is 13.5 Å². The molecule has 0 bridgehead atoms. The second kappa shape index (κ2) is 17.9. The van der Waals surface area contributed by atoms with Gasteiger partial charge in [0.15, 0.2) is 0 Å². The third kappa shape index (κ3) is 12.8. The normalized spacial score (nSPS) is 13.3. The van der Waals surface area contributed by atoms with Crippen molar-refractivity contribution in [2.24, 2.45) is 17.2 Å². The number of halogens is 2. The Bertz CT molecular complexity index is 1350. The third-order valence-electron chi connectivity index (χ3n) is 6.18. The van der Waals surface area contributed by atoms with Crippen LogP contribution in [-0.4, -0.2) is 51.4 Å². The number of hydrogen-bond donors (Lipinski definition) is 7. The summed E-state index contributed by atoms with van der Waals surface area (Å²) in [6, 6.07) is 15.9. The summed E-state index contributed by atoms with van der Waals surface area (Å²) in [5.41, 5.74) is 26.8. The molecule has 3 atom stereocenters. The monoisotopic (exact) mass is 635 g/mol. The molecule has 2 unspecified atom stereocenters. The van der Waals surface area contributed by atoms with Crippen LogP contribution in [0.25, 0.3) is 5.57 Å². The van der Waals surface area contributed by atoms with Gasteiger partial charge in [0.25, 0.3) is 0 Å². The van der Waals surface area contributed by atoms with Gasteiger partial charge in [0.05, 0.1) is 0 Å². The first-order valence-corrected chi connectivity index (χ1v) is 13.2. The van der Waals surface area contributed by atoms with Gasteiger partial charge < -0.3 is 38.3 Å². The second-order valence-corrected chi connectivity index (χ2v) is 9.99. The van der Waals surface area contributed by atoms with E-state index in [1.165, 1.54) is 12.1 Å². The number of allylic oxidation sites excluding steroid dienone is 1. The number of fused-ring (bicyclic) bond motifs is 1. The molecule has 0 aliphatic heterocycles. The van der Waals surface area contributed by atoms with Crippen LogP contribution < -0.4 is 22.9 Å². The third-order valence-corrected chi connectivity index (χ3v) is 6.43. The maximum atomic E-state index is 12.9. The van der Waals surface area contributed by atoms with Crippen LogP contribution in [0.5, 0.6) is 0 Å². The molecule has 0 amide bonds. The molecule has 11 N–H and O–H groups in total. The van der Waals surface area contributed by atoms with Crippen LogP contribution in [0.4, 0.5) is 10.1 Å². The molecule has 3 aromatic rings. The van der Waals surface area contributed by atoms with E-state index in [0.717, 1.165) is 27.8 Å². The van der Waals surface area contributed by atoms with Gasteiger partial charge in [0.1, 0.15) is 23.9 Å². The fraction of sp³-hybridized carbons (Fsp3) is 0.233. The lowest BCUT2D eigenvalue weighted by atomic mass is 10.00. The van der Waals surface area contributed by atoms with Gasteiger partial charge in [0.2, 0.25) is 0 Å². The highest BCUT2D eigenvalue weighted by atomic mass is 35.5. The number of carboxylic acids is 3. The molecule has 10 nitrogen and oxygen atoms in total. The molecular formula is C30H37ClFN4O6S+. The van der Waals surface area contributed by atoms with Crippen molar-refractivity contribution in [2.75, 3.05) is 5.73 Å². The number of nitrogen functional groups attached to an aromatic ring is 1. The van der Waals surface area contributed by atoms with E-state index in [-0.39, 0.29) is 27.2 Å². The Labute approximate surface area is 262 Å². The second-order valence-electron chi connectivity index (χ2n) is 9.55. The number of carbonyl (C=O) groups is 3. The molecule has 0 radical (unpaired) electrons. The minimum absolute atomic E-state index is 0. The zero-order valence-electron chi connectivity index (χ0n) is 24.1. The fourth-order valence-electron chi connectivity index (χ4n) is 3.86. The Hall–Kier alpha value is -3.94. The van der Waals surface area contributed by atoms with Crippen molar-refractivity contribution in [2.45, 2.75) is 43.8 Å². The van der Waals surface area contributed by atoms with E-state index in [1.807, 2.05) is 6.08 Å². The zero-order chi connectivity index (χ0) is 31.4. The summed E-state index contributed by atoms with van der Waals surface area (Å²) < 4.78 is 12.9. The highest BCUT2D eigenvalue weighted by Crippen LogP contribution is 2.30. The van der Waals surface area contributed by atoms with Gasteiger partial charge in [-0.25, -0.2) is 4.39 Å². The van der Waals surface area contributed by atoms with E-state index in [9.17, 15) is 18.8 Å². The number of anilines is 1. The average Bonchev–Trinajstić information content (AvgIpc) is 3.33. The first-order valence-electron chi connectivity index (χ1n) is 12.8. The standard InChI is InChI=1S/C12H12FNO2.C9H10ClNO2.C9H12N2O2.H2S/c13-9-3-4-10-7(5-9)1-2-8(10)6-11(14)12(15)16;2*10-7-3-1-6(2-4-7)5-8(11)9(12)13;/h2-5,11H,1,6,14H2,(H,15,16);1-4,8H,5,11H2,(H,12,13);1-4,8H,5,10-11H2,(H,12,13);1H2/p+1/t;;8-;/m..0./s1. The lowest BCUT2D eigenvalue weighted by molar-refractivity contribution is -0.139. The average molecular weight is 636 g/mol.